The van der Waals surface area contributed by atoms with Crippen LogP contribution in [0.15, 0.2) is 52.8 Å². The summed E-state index contributed by atoms with van der Waals surface area (Å²) in [4.78, 5) is 7.33. The van der Waals surface area contributed by atoms with Gasteiger partial charge in [-0.25, -0.2) is 0 Å². The van der Waals surface area contributed by atoms with Crippen LogP contribution in [0.5, 0.6) is 0 Å². The first-order valence-electron chi connectivity index (χ1n) is 9.64. The van der Waals surface area contributed by atoms with Gasteiger partial charge >= 0.3 is 0 Å². The molecule has 1 aliphatic rings. The topological polar surface area (TPSA) is 39.7 Å². The number of rotatable bonds is 6. The van der Waals surface area contributed by atoms with Crippen LogP contribution >= 0.6 is 35.3 Å². The highest BCUT2D eigenvalue weighted by molar-refractivity contribution is 14.0. The zero-order valence-electron chi connectivity index (χ0n) is 16.2. The Balaban J connectivity index is 0.00000261. The molecule has 2 N–H and O–H groups in total. The smallest absolute Gasteiger partial charge is 0.191 e. The van der Waals surface area contributed by atoms with Gasteiger partial charge in [-0.2, -0.15) is 0 Å². The van der Waals surface area contributed by atoms with Crippen LogP contribution < -0.4 is 15.5 Å². The fraction of sp³-hybridized carbons (Fsp3) is 0.476. The van der Waals surface area contributed by atoms with Crippen molar-refractivity contribution in [2.75, 3.05) is 31.1 Å². The first-order valence-corrected chi connectivity index (χ1v) is 10.5. The van der Waals surface area contributed by atoms with E-state index in [4.69, 9.17) is 4.99 Å². The molecule has 27 heavy (non-hydrogen) atoms. The molecule has 0 spiro atoms. The van der Waals surface area contributed by atoms with E-state index in [0.29, 0.717) is 12.0 Å². The average Bonchev–Trinajstić information content (AvgIpc) is 3.22. The molecule has 0 aliphatic carbocycles. The molecule has 1 saturated heterocycles. The summed E-state index contributed by atoms with van der Waals surface area (Å²) in [5.41, 5.74) is 1.34. The summed E-state index contributed by atoms with van der Waals surface area (Å²) >= 11 is 1.83. The van der Waals surface area contributed by atoms with Gasteiger partial charge in [0.2, 0.25) is 0 Å². The molecular formula is C21H31IN4S. The molecule has 1 atom stereocenters. The molecule has 0 amide bonds. The van der Waals surface area contributed by atoms with Gasteiger partial charge < -0.3 is 15.5 Å². The molecule has 1 unspecified atom stereocenters. The highest BCUT2D eigenvalue weighted by Gasteiger charge is 2.20. The highest BCUT2D eigenvalue weighted by atomic mass is 127. The molecule has 1 aromatic heterocycles. The monoisotopic (exact) mass is 498 g/mol. The lowest BCUT2D eigenvalue weighted by Gasteiger charge is -2.33. The van der Waals surface area contributed by atoms with E-state index in [2.05, 4.69) is 77.2 Å². The molecular weight excluding hydrogens is 467 g/mol. The highest BCUT2D eigenvalue weighted by Crippen LogP contribution is 2.24. The summed E-state index contributed by atoms with van der Waals surface area (Å²) in [6, 6.07) is 15.5. The Morgan fingerprint density at radius 1 is 1.19 bits per heavy atom. The van der Waals surface area contributed by atoms with E-state index in [-0.39, 0.29) is 24.0 Å². The number of anilines is 1. The van der Waals surface area contributed by atoms with E-state index < -0.39 is 0 Å². The van der Waals surface area contributed by atoms with Gasteiger partial charge in [-0.05, 0) is 42.8 Å². The van der Waals surface area contributed by atoms with Gasteiger partial charge in [0, 0.05) is 38.1 Å². The fourth-order valence-corrected chi connectivity index (χ4v) is 4.11. The second kappa shape index (κ2) is 11.5. The predicted octanol–water partition coefficient (Wildman–Crippen LogP) is 4.69. The summed E-state index contributed by atoms with van der Waals surface area (Å²) in [6.07, 6.45) is 2.30. The van der Waals surface area contributed by atoms with Gasteiger partial charge in [0.15, 0.2) is 5.96 Å². The minimum absolute atomic E-state index is 0. The van der Waals surface area contributed by atoms with Crippen LogP contribution in [0.2, 0.25) is 0 Å². The Morgan fingerprint density at radius 2 is 1.93 bits per heavy atom. The van der Waals surface area contributed by atoms with Crippen molar-refractivity contribution in [1.82, 2.24) is 10.6 Å². The number of halogens is 1. The molecule has 0 radical (unpaired) electrons. The Bertz CT molecular complexity index is 667. The second-order valence-corrected chi connectivity index (χ2v) is 7.81. The zero-order chi connectivity index (χ0) is 18.2. The van der Waals surface area contributed by atoms with Gasteiger partial charge in [0.1, 0.15) is 0 Å². The number of hydrogen-bond donors (Lipinski definition) is 2. The molecule has 148 valence electrons. The Hall–Kier alpha value is -1.28. The van der Waals surface area contributed by atoms with Crippen LogP contribution in [-0.2, 0) is 0 Å². The van der Waals surface area contributed by atoms with Crippen LogP contribution in [0.4, 0.5) is 5.00 Å². The first kappa shape index (κ1) is 22.0. The van der Waals surface area contributed by atoms with Crippen molar-refractivity contribution in [3.05, 3.63) is 53.4 Å². The van der Waals surface area contributed by atoms with E-state index in [1.165, 1.54) is 10.6 Å². The Morgan fingerprint density at radius 3 is 2.56 bits per heavy atom. The molecule has 0 saturated carbocycles. The summed E-state index contributed by atoms with van der Waals surface area (Å²) in [6.45, 7) is 8.27. The molecule has 1 aliphatic heterocycles. The summed E-state index contributed by atoms with van der Waals surface area (Å²) < 4.78 is 0. The quantitative estimate of drug-likeness (QED) is 0.345. The standard InChI is InChI=1S/C21H30N4S.HI/c1-3-22-21(23-16-17(2)18-8-5-4-6-9-18)24-19-11-13-25(14-12-19)20-10-7-15-26-20;/h4-10,15,17,19H,3,11-14,16H2,1-2H3,(H2,22,23,24);1H. The van der Waals surface area contributed by atoms with Crippen molar-refractivity contribution in [1.29, 1.82) is 0 Å². The molecule has 2 aromatic rings. The van der Waals surface area contributed by atoms with Crippen molar-refractivity contribution >= 4 is 46.3 Å². The van der Waals surface area contributed by atoms with Crippen LogP contribution in [-0.4, -0.2) is 38.2 Å². The van der Waals surface area contributed by atoms with E-state index >= 15 is 0 Å². The third kappa shape index (κ3) is 6.68. The number of guanidine groups is 1. The van der Waals surface area contributed by atoms with Gasteiger partial charge in [-0.15, -0.1) is 35.3 Å². The number of thiophene rings is 1. The van der Waals surface area contributed by atoms with Gasteiger partial charge in [0.25, 0.3) is 0 Å². The van der Waals surface area contributed by atoms with E-state index in [1.54, 1.807) is 0 Å². The lowest BCUT2D eigenvalue weighted by molar-refractivity contribution is 0.462. The van der Waals surface area contributed by atoms with Crippen molar-refractivity contribution in [3.8, 4) is 0 Å². The van der Waals surface area contributed by atoms with Crippen molar-refractivity contribution < 1.29 is 0 Å². The number of nitrogens with one attached hydrogen (secondary N) is 2. The summed E-state index contributed by atoms with van der Waals surface area (Å²) in [5.74, 6) is 1.37. The average molecular weight is 498 g/mol. The normalized spacial score (nSPS) is 16.5. The van der Waals surface area contributed by atoms with E-state index in [9.17, 15) is 0 Å². The minimum Gasteiger partial charge on any atom is -0.363 e. The lowest BCUT2D eigenvalue weighted by atomic mass is 10.0. The maximum absolute atomic E-state index is 4.84. The summed E-state index contributed by atoms with van der Waals surface area (Å²) in [7, 11) is 0. The SMILES string of the molecule is CCNC(=NCC(C)c1ccccc1)NC1CCN(c2cccs2)CC1.I. The number of aliphatic imine (C=N–C) groups is 1. The molecule has 1 fully saturated rings. The largest absolute Gasteiger partial charge is 0.363 e. The van der Waals surface area contributed by atoms with Crippen LogP contribution in [0.3, 0.4) is 0 Å². The van der Waals surface area contributed by atoms with Gasteiger partial charge in [-0.1, -0.05) is 37.3 Å². The maximum Gasteiger partial charge on any atom is 0.191 e. The number of nitrogens with zero attached hydrogens (tertiary/aromatic N) is 2. The Labute approximate surface area is 184 Å². The molecule has 3 rings (SSSR count). The van der Waals surface area contributed by atoms with Crippen molar-refractivity contribution in [3.63, 3.8) is 0 Å². The van der Waals surface area contributed by atoms with E-state index in [0.717, 1.165) is 45.0 Å². The lowest BCUT2D eigenvalue weighted by Crippen LogP contribution is -2.48. The Kier molecular flexibility index (Phi) is 9.41. The van der Waals surface area contributed by atoms with Crippen LogP contribution in [0.1, 0.15) is 38.2 Å². The third-order valence-corrected chi connectivity index (χ3v) is 5.82. The van der Waals surface area contributed by atoms with Crippen molar-refractivity contribution in [2.45, 2.75) is 38.6 Å². The van der Waals surface area contributed by atoms with Crippen molar-refractivity contribution in [2.24, 2.45) is 4.99 Å². The molecule has 1 aromatic carbocycles. The number of piperidine rings is 1. The molecule has 2 heterocycles. The van der Waals surface area contributed by atoms with Crippen LogP contribution in [0, 0.1) is 0 Å². The second-order valence-electron chi connectivity index (χ2n) is 6.89. The molecule has 6 heteroatoms. The number of hydrogen-bond acceptors (Lipinski definition) is 3. The molecule has 0 bridgehead atoms. The fourth-order valence-electron chi connectivity index (χ4n) is 3.32. The maximum atomic E-state index is 4.84. The molecule has 4 nitrogen and oxygen atoms in total. The first-order chi connectivity index (χ1) is 12.8. The van der Waals surface area contributed by atoms with Crippen LogP contribution in [0.25, 0.3) is 0 Å². The third-order valence-electron chi connectivity index (χ3n) is 4.89. The van der Waals surface area contributed by atoms with Gasteiger partial charge in [-0.3, -0.25) is 4.99 Å². The number of benzene rings is 1. The minimum atomic E-state index is 0. The summed E-state index contributed by atoms with van der Waals surface area (Å²) in [5, 5.41) is 10.6. The van der Waals surface area contributed by atoms with E-state index in [1.807, 2.05) is 11.3 Å². The predicted molar refractivity (Wildman–Crippen MR) is 129 cm³/mol. The zero-order valence-corrected chi connectivity index (χ0v) is 19.4. The van der Waals surface area contributed by atoms with Gasteiger partial charge in [0.05, 0.1) is 5.00 Å².